The van der Waals surface area contributed by atoms with E-state index < -0.39 is 27.0 Å². The molecule has 18 heavy (non-hydrogen) atoms. The second kappa shape index (κ2) is 4.39. The smallest absolute Gasteiger partial charge is 0.307 e. The van der Waals surface area contributed by atoms with Gasteiger partial charge in [-0.05, 0) is 43.9 Å². The zero-order chi connectivity index (χ0) is 13.5. The Hall–Kier alpha value is -1.36. The SMILES string of the molecule is CC(C)S(=O)(=O)c1cccc2c1CC(C(=O)O)C2. The van der Waals surface area contributed by atoms with E-state index in [1.807, 2.05) is 6.07 Å². The summed E-state index contributed by atoms with van der Waals surface area (Å²) < 4.78 is 24.4. The topological polar surface area (TPSA) is 71.4 Å². The Morgan fingerprint density at radius 1 is 1.33 bits per heavy atom. The largest absolute Gasteiger partial charge is 0.481 e. The van der Waals surface area contributed by atoms with Gasteiger partial charge in [-0.15, -0.1) is 0 Å². The Morgan fingerprint density at radius 2 is 2.00 bits per heavy atom. The van der Waals surface area contributed by atoms with Gasteiger partial charge in [-0.25, -0.2) is 8.42 Å². The van der Waals surface area contributed by atoms with Crippen LogP contribution in [0.3, 0.4) is 0 Å². The van der Waals surface area contributed by atoms with E-state index in [1.54, 1.807) is 26.0 Å². The molecule has 0 saturated carbocycles. The summed E-state index contributed by atoms with van der Waals surface area (Å²) in [6.07, 6.45) is 0.735. The van der Waals surface area contributed by atoms with E-state index in [2.05, 4.69) is 0 Å². The molecule has 1 unspecified atom stereocenters. The number of hydrogen-bond donors (Lipinski definition) is 1. The zero-order valence-corrected chi connectivity index (χ0v) is 11.2. The zero-order valence-electron chi connectivity index (χ0n) is 10.4. The average molecular weight is 268 g/mol. The first-order chi connectivity index (χ1) is 8.34. The van der Waals surface area contributed by atoms with E-state index in [0.29, 0.717) is 23.3 Å². The normalized spacial score (nSPS) is 18.9. The van der Waals surface area contributed by atoms with Gasteiger partial charge >= 0.3 is 5.97 Å². The lowest BCUT2D eigenvalue weighted by Gasteiger charge is -2.12. The molecule has 0 amide bonds. The van der Waals surface area contributed by atoms with Gasteiger partial charge in [-0.1, -0.05) is 12.1 Å². The molecule has 4 nitrogen and oxygen atoms in total. The van der Waals surface area contributed by atoms with Crippen molar-refractivity contribution in [3.05, 3.63) is 29.3 Å². The standard InChI is InChI=1S/C13H16O4S/c1-8(2)18(16,17)12-5-3-4-9-6-10(13(14)15)7-11(9)12/h3-5,8,10H,6-7H2,1-2H3,(H,14,15). The number of carboxylic acids is 1. The van der Waals surface area contributed by atoms with Gasteiger partial charge in [-0.2, -0.15) is 0 Å². The number of fused-ring (bicyclic) bond motifs is 1. The molecule has 0 radical (unpaired) electrons. The van der Waals surface area contributed by atoms with Crippen LogP contribution in [0.15, 0.2) is 23.1 Å². The van der Waals surface area contributed by atoms with Crippen molar-refractivity contribution in [2.45, 2.75) is 36.8 Å². The van der Waals surface area contributed by atoms with Crippen LogP contribution < -0.4 is 0 Å². The average Bonchev–Trinajstić information content (AvgIpc) is 2.71. The fourth-order valence-corrected chi connectivity index (χ4v) is 3.65. The lowest BCUT2D eigenvalue weighted by molar-refractivity contribution is -0.141. The van der Waals surface area contributed by atoms with Crippen molar-refractivity contribution in [3.8, 4) is 0 Å². The summed E-state index contributed by atoms with van der Waals surface area (Å²) in [5, 5.41) is 8.55. The van der Waals surface area contributed by atoms with Crippen LogP contribution in [0.4, 0.5) is 0 Å². The number of hydrogen-bond acceptors (Lipinski definition) is 3. The Labute approximate surface area is 107 Å². The first-order valence-corrected chi connectivity index (χ1v) is 7.46. The van der Waals surface area contributed by atoms with Gasteiger partial charge in [-0.3, -0.25) is 4.79 Å². The molecule has 1 aromatic carbocycles. The van der Waals surface area contributed by atoms with E-state index in [0.717, 1.165) is 5.56 Å². The van der Waals surface area contributed by atoms with Crippen LogP contribution in [-0.2, 0) is 27.5 Å². The number of carbonyl (C=O) groups is 1. The summed E-state index contributed by atoms with van der Waals surface area (Å²) in [5.41, 5.74) is 1.54. The van der Waals surface area contributed by atoms with E-state index in [9.17, 15) is 13.2 Å². The van der Waals surface area contributed by atoms with Gasteiger partial charge in [0.25, 0.3) is 0 Å². The third-order valence-corrected chi connectivity index (χ3v) is 5.66. The molecular formula is C13H16O4S. The Balaban J connectivity index is 2.51. The molecule has 1 atom stereocenters. The van der Waals surface area contributed by atoms with Crippen LogP contribution >= 0.6 is 0 Å². The van der Waals surface area contributed by atoms with Gasteiger partial charge in [0, 0.05) is 0 Å². The molecule has 1 N–H and O–H groups in total. The third-order valence-electron chi connectivity index (χ3n) is 3.42. The number of rotatable bonds is 3. The molecule has 1 aliphatic rings. The molecule has 98 valence electrons. The van der Waals surface area contributed by atoms with Gasteiger partial charge in [0.1, 0.15) is 0 Å². The molecule has 0 saturated heterocycles. The fourth-order valence-electron chi connectivity index (χ4n) is 2.31. The van der Waals surface area contributed by atoms with E-state index in [1.165, 1.54) is 0 Å². The fraction of sp³-hybridized carbons (Fsp3) is 0.462. The summed E-state index contributed by atoms with van der Waals surface area (Å²) in [7, 11) is -3.34. The maximum Gasteiger partial charge on any atom is 0.307 e. The maximum absolute atomic E-state index is 12.2. The molecule has 0 fully saturated rings. The predicted molar refractivity (Wildman–Crippen MR) is 67.3 cm³/mol. The summed E-state index contributed by atoms with van der Waals surface area (Å²) in [4.78, 5) is 11.3. The third kappa shape index (κ3) is 2.03. The predicted octanol–water partition coefficient (Wildman–Crippen LogP) is 1.67. The lowest BCUT2D eigenvalue weighted by atomic mass is 10.1. The van der Waals surface area contributed by atoms with Crippen LogP contribution in [0.25, 0.3) is 0 Å². The van der Waals surface area contributed by atoms with Gasteiger partial charge in [0.2, 0.25) is 0 Å². The van der Waals surface area contributed by atoms with Crippen LogP contribution in [0, 0.1) is 5.92 Å². The van der Waals surface area contributed by atoms with E-state index in [-0.39, 0.29) is 0 Å². The molecule has 0 bridgehead atoms. The second-order valence-corrected chi connectivity index (χ2v) is 7.40. The number of carboxylic acid groups (broad SMARTS) is 1. The highest BCUT2D eigenvalue weighted by molar-refractivity contribution is 7.92. The Morgan fingerprint density at radius 3 is 2.56 bits per heavy atom. The molecule has 0 aliphatic heterocycles. The minimum absolute atomic E-state index is 0.304. The van der Waals surface area contributed by atoms with Crippen molar-refractivity contribution in [2.75, 3.05) is 0 Å². The second-order valence-electron chi connectivity index (χ2n) is 4.93. The molecule has 2 rings (SSSR count). The molecule has 0 spiro atoms. The van der Waals surface area contributed by atoms with E-state index >= 15 is 0 Å². The van der Waals surface area contributed by atoms with E-state index in [4.69, 9.17) is 5.11 Å². The molecule has 0 aromatic heterocycles. The quantitative estimate of drug-likeness (QED) is 0.905. The Kier molecular flexibility index (Phi) is 3.19. The number of sulfone groups is 1. The molecule has 1 aliphatic carbocycles. The van der Waals surface area contributed by atoms with Crippen LogP contribution in [0.2, 0.25) is 0 Å². The van der Waals surface area contributed by atoms with Gasteiger partial charge in [0.05, 0.1) is 16.1 Å². The van der Waals surface area contributed by atoms with Crippen LogP contribution in [0.5, 0.6) is 0 Å². The minimum atomic E-state index is -3.34. The van der Waals surface area contributed by atoms with Crippen molar-refractivity contribution < 1.29 is 18.3 Å². The van der Waals surface area contributed by atoms with Crippen molar-refractivity contribution in [2.24, 2.45) is 5.92 Å². The molecule has 1 aromatic rings. The monoisotopic (exact) mass is 268 g/mol. The first kappa shape index (κ1) is 13.1. The highest BCUT2D eigenvalue weighted by Gasteiger charge is 2.32. The lowest BCUT2D eigenvalue weighted by Crippen LogP contribution is -2.17. The molecule has 0 heterocycles. The van der Waals surface area contributed by atoms with Crippen molar-refractivity contribution >= 4 is 15.8 Å². The van der Waals surface area contributed by atoms with Gasteiger partial charge < -0.3 is 5.11 Å². The first-order valence-electron chi connectivity index (χ1n) is 5.91. The summed E-state index contributed by atoms with van der Waals surface area (Å²) >= 11 is 0. The summed E-state index contributed by atoms with van der Waals surface area (Å²) in [5.74, 6) is -1.36. The summed E-state index contributed by atoms with van der Waals surface area (Å²) in [6.45, 7) is 3.27. The molecular weight excluding hydrogens is 252 g/mol. The van der Waals surface area contributed by atoms with Gasteiger partial charge in [0.15, 0.2) is 9.84 Å². The number of benzene rings is 1. The molecule has 5 heteroatoms. The van der Waals surface area contributed by atoms with Crippen molar-refractivity contribution in [1.29, 1.82) is 0 Å². The van der Waals surface area contributed by atoms with Crippen LogP contribution in [-0.4, -0.2) is 24.7 Å². The summed E-state index contributed by atoms with van der Waals surface area (Å²) in [6, 6.07) is 5.09. The maximum atomic E-state index is 12.2. The minimum Gasteiger partial charge on any atom is -0.481 e. The number of aliphatic carboxylic acids is 1. The Bertz CT molecular complexity index is 587. The highest BCUT2D eigenvalue weighted by atomic mass is 32.2. The van der Waals surface area contributed by atoms with Crippen LogP contribution in [0.1, 0.15) is 25.0 Å². The van der Waals surface area contributed by atoms with Crippen molar-refractivity contribution in [3.63, 3.8) is 0 Å². The van der Waals surface area contributed by atoms with Crippen molar-refractivity contribution in [1.82, 2.24) is 0 Å². The highest BCUT2D eigenvalue weighted by Crippen LogP contribution is 2.33.